The molecule has 2 atom stereocenters. The molecule has 0 aromatic carbocycles. The number of carbonyl (C=O) groups is 2. The predicted octanol–water partition coefficient (Wildman–Crippen LogP) is 0.0376. The van der Waals surface area contributed by atoms with E-state index in [0.29, 0.717) is 18.2 Å². The van der Waals surface area contributed by atoms with E-state index >= 15 is 0 Å². The van der Waals surface area contributed by atoms with Crippen LogP contribution in [0.25, 0.3) is 0 Å². The number of ether oxygens (including phenoxy) is 1. The topological polar surface area (TPSA) is 90.3 Å². The molecule has 2 amide bonds. The molecule has 1 unspecified atom stereocenters. The first-order chi connectivity index (χ1) is 9.34. The molecule has 2 fully saturated rings. The number of aliphatic carboxylic acids is 1. The second-order valence-corrected chi connectivity index (χ2v) is 6.67. The van der Waals surface area contributed by atoms with Gasteiger partial charge >= 0.3 is 12.0 Å². The maximum Gasteiger partial charge on any atom is 0.327 e. The molecule has 2 aliphatic rings. The Balaban J connectivity index is 2.09. The summed E-state index contributed by atoms with van der Waals surface area (Å²) in [5.74, 6) is -0.176. The highest BCUT2D eigenvalue weighted by atomic mass is 32.2. The molecule has 2 heterocycles. The Morgan fingerprint density at radius 1 is 1.45 bits per heavy atom. The minimum atomic E-state index is -0.977. The van der Waals surface area contributed by atoms with Gasteiger partial charge in [-0.15, -0.1) is 11.8 Å². The Morgan fingerprint density at radius 2 is 2.15 bits per heavy atom. The third-order valence-electron chi connectivity index (χ3n) is 3.37. The van der Waals surface area contributed by atoms with Gasteiger partial charge in [-0.2, -0.15) is 0 Å². The lowest BCUT2D eigenvalue weighted by Crippen LogP contribution is -2.59. The number of carboxylic acid groups (broad SMARTS) is 1. The molecule has 0 aromatic rings. The van der Waals surface area contributed by atoms with Gasteiger partial charge in [0.15, 0.2) is 0 Å². The number of carboxylic acids is 1. The number of aliphatic hydroxyl groups is 1. The smallest absolute Gasteiger partial charge is 0.327 e. The number of hydrogen-bond acceptors (Lipinski definition) is 5. The summed E-state index contributed by atoms with van der Waals surface area (Å²) in [5, 5.41) is 18.4. The van der Waals surface area contributed by atoms with E-state index in [1.165, 1.54) is 16.7 Å². The number of morpholine rings is 1. The number of rotatable bonds is 2. The van der Waals surface area contributed by atoms with Gasteiger partial charge in [0.1, 0.15) is 6.04 Å². The molecule has 2 saturated heterocycles. The van der Waals surface area contributed by atoms with Gasteiger partial charge in [-0.25, -0.2) is 9.59 Å². The molecule has 0 aromatic heterocycles. The van der Waals surface area contributed by atoms with Crippen LogP contribution in [0.5, 0.6) is 0 Å². The summed E-state index contributed by atoms with van der Waals surface area (Å²) in [4.78, 5) is 26.6. The van der Waals surface area contributed by atoms with Crippen LogP contribution in [0, 0.1) is 0 Å². The standard InChI is InChI=1S/C12H20N2O5S/c1-12(2)6-13(3-8(4-15)19-12)11(18)14-7-20-5-9(14)10(16)17/h8-9,15H,3-7H2,1-2H3,(H,16,17)/t8?,9-/m0/s1. The van der Waals surface area contributed by atoms with E-state index in [2.05, 4.69) is 0 Å². The van der Waals surface area contributed by atoms with Crippen molar-refractivity contribution in [1.82, 2.24) is 9.80 Å². The molecule has 2 aliphatic heterocycles. The molecule has 7 nitrogen and oxygen atoms in total. The van der Waals surface area contributed by atoms with Gasteiger partial charge in [-0.1, -0.05) is 0 Å². The third-order valence-corrected chi connectivity index (χ3v) is 4.38. The summed E-state index contributed by atoms with van der Waals surface area (Å²) in [6.07, 6.45) is -0.429. The Hall–Kier alpha value is -0.990. The molecule has 0 bridgehead atoms. The number of amides is 2. The molecule has 0 spiro atoms. The first-order valence-corrected chi connectivity index (χ1v) is 7.64. The molecular weight excluding hydrogens is 284 g/mol. The van der Waals surface area contributed by atoms with Gasteiger partial charge < -0.3 is 24.7 Å². The fraction of sp³-hybridized carbons (Fsp3) is 0.833. The van der Waals surface area contributed by atoms with Crippen LogP contribution in [0.15, 0.2) is 0 Å². The van der Waals surface area contributed by atoms with Crippen LogP contribution in [-0.4, -0.2) is 81.1 Å². The zero-order chi connectivity index (χ0) is 14.9. The van der Waals surface area contributed by atoms with Crippen LogP contribution in [0.1, 0.15) is 13.8 Å². The molecule has 0 aliphatic carbocycles. The maximum absolute atomic E-state index is 12.5. The maximum atomic E-state index is 12.5. The zero-order valence-electron chi connectivity index (χ0n) is 11.6. The van der Waals surface area contributed by atoms with Crippen molar-refractivity contribution in [2.24, 2.45) is 0 Å². The van der Waals surface area contributed by atoms with Crippen molar-refractivity contribution < 1.29 is 24.5 Å². The summed E-state index contributed by atoms with van der Waals surface area (Å²) in [6.45, 7) is 4.21. The van der Waals surface area contributed by atoms with Crippen molar-refractivity contribution in [1.29, 1.82) is 0 Å². The number of hydrogen-bond donors (Lipinski definition) is 2. The van der Waals surface area contributed by atoms with Gasteiger partial charge in [0, 0.05) is 5.75 Å². The molecular formula is C12H20N2O5S. The van der Waals surface area contributed by atoms with E-state index in [-0.39, 0.29) is 19.2 Å². The summed E-state index contributed by atoms with van der Waals surface area (Å²) in [6, 6.07) is -1.07. The van der Waals surface area contributed by atoms with Crippen LogP contribution in [0.3, 0.4) is 0 Å². The molecule has 8 heteroatoms. The van der Waals surface area contributed by atoms with Gasteiger partial charge in [0.05, 0.1) is 37.3 Å². The Labute approximate surface area is 121 Å². The summed E-state index contributed by atoms with van der Waals surface area (Å²) in [5.41, 5.74) is -0.549. The van der Waals surface area contributed by atoms with Gasteiger partial charge in [-0.3, -0.25) is 0 Å². The minimum Gasteiger partial charge on any atom is -0.480 e. The Kier molecular flexibility index (Phi) is 4.46. The number of nitrogens with zero attached hydrogens (tertiary/aromatic N) is 2. The van der Waals surface area contributed by atoms with Crippen molar-refractivity contribution in [3.05, 3.63) is 0 Å². The minimum absolute atomic E-state index is 0.162. The van der Waals surface area contributed by atoms with Crippen LogP contribution in [-0.2, 0) is 9.53 Å². The normalized spacial score (nSPS) is 29.6. The van der Waals surface area contributed by atoms with Crippen LogP contribution in [0.2, 0.25) is 0 Å². The second-order valence-electron chi connectivity index (χ2n) is 5.67. The summed E-state index contributed by atoms with van der Waals surface area (Å²) >= 11 is 1.43. The highest BCUT2D eigenvalue weighted by Crippen LogP contribution is 2.26. The van der Waals surface area contributed by atoms with E-state index in [9.17, 15) is 14.7 Å². The van der Waals surface area contributed by atoms with Crippen molar-refractivity contribution in [3.63, 3.8) is 0 Å². The number of thioether (sulfide) groups is 1. The lowest BCUT2D eigenvalue weighted by molar-refractivity contribution is -0.144. The first kappa shape index (κ1) is 15.4. The van der Waals surface area contributed by atoms with E-state index < -0.39 is 23.7 Å². The van der Waals surface area contributed by atoms with E-state index in [1.54, 1.807) is 4.90 Å². The lowest BCUT2D eigenvalue weighted by Gasteiger charge is -2.43. The largest absolute Gasteiger partial charge is 0.480 e. The molecule has 20 heavy (non-hydrogen) atoms. The highest BCUT2D eigenvalue weighted by Gasteiger charge is 2.41. The monoisotopic (exact) mass is 304 g/mol. The number of urea groups is 1. The zero-order valence-corrected chi connectivity index (χ0v) is 12.4. The SMILES string of the molecule is CC1(C)CN(C(=O)N2CSC[C@H]2C(=O)O)CC(CO)O1. The molecule has 0 radical (unpaired) electrons. The first-order valence-electron chi connectivity index (χ1n) is 6.49. The fourth-order valence-electron chi connectivity index (χ4n) is 2.55. The van der Waals surface area contributed by atoms with Crippen LogP contribution < -0.4 is 0 Å². The predicted molar refractivity (Wildman–Crippen MR) is 73.6 cm³/mol. The van der Waals surface area contributed by atoms with Gasteiger partial charge in [0.25, 0.3) is 0 Å². The van der Waals surface area contributed by atoms with Crippen molar-refractivity contribution in [2.75, 3.05) is 31.3 Å². The van der Waals surface area contributed by atoms with E-state index in [4.69, 9.17) is 9.84 Å². The highest BCUT2D eigenvalue weighted by molar-refractivity contribution is 7.99. The third kappa shape index (κ3) is 3.18. The van der Waals surface area contributed by atoms with Crippen LogP contribution in [0.4, 0.5) is 4.79 Å². The van der Waals surface area contributed by atoms with Crippen LogP contribution >= 0.6 is 11.8 Å². The molecule has 2 N–H and O–H groups in total. The van der Waals surface area contributed by atoms with Crippen molar-refractivity contribution >= 4 is 23.8 Å². The Morgan fingerprint density at radius 3 is 2.75 bits per heavy atom. The summed E-state index contributed by atoms with van der Waals surface area (Å²) in [7, 11) is 0. The average Bonchev–Trinajstić information content (AvgIpc) is 2.85. The second kappa shape index (κ2) is 5.79. The van der Waals surface area contributed by atoms with E-state index in [1.807, 2.05) is 13.8 Å². The number of carbonyl (C=O) groups excluding carboxylic acids is 1. The fourth-order valence-corrected chi connectivity index (χ4v) is 3.69. The van der Waals surface area contributed by atoms with Gasteiger partial charge in [0.2, 0.25) is 0 Å². The van der Waals surface area contributed by atoms with E-state index in [0.717, 1.165) is 0 Å². The van der Waals surface area contributed by atoms with Crippen molar-refractivity contribution in [3.8, 4) is 0 Å². The Bertz CT molecular complexity index is 403. The number of aliphatic hydroxyl groups excluding tert-OH is 1. The molecule has 2 rings (SSSR count). The summed E-state index contributed by atoms with van der Waals surface area (Å²) < 4.78 is 5.66. The van der Waals surface area contributed by atoms with Gasteiger partial charge in [-0.05, 0) is 13.8 Å². The van der Waals surface area contributed by atoms with Crippen molar-refractivity contribution in [2.45, 2.75) is 31.6 Å². The average molecular weight is 304 g/mol. The molecule has 114 valence electrons. The lowest BCUT2D eigenvalue weighted by atomic mass is 10.1. The quantitative estimate of drug-likeness (QED) is 0.748. The molecule has 0 saturated carbocycles.